The number of ether oxygens (including phenoxy) is 2. The normalized spacial score (nSPS) is 39.4. The highest BCUT2D eigenvalue weighted by Crippen LogP contribution is 2.72. The van der Waals surface area contributed by atoms with Gasteiger partial charge in [-0.15, -0.1) is 0 Å². The van der Waals surface area contributed by atoms with E-state index in [1.54, 1.807) is 20.8 Å². The fraction of sp³-hybridized carbons (Fsp3) is 0.697. The molecule has 0 bridgehead atoms. The number of alkyl halides is 2. The molecule has 0 aromatic heterocycles. The molecule has 4 aliphatic carbocycles. The van der Waals surface area contributed by atoms with Crippen LogP contribution in [-0.2, 0) is 28.7 Å². The number of aliphatic hydroxyl groups excluding tert-OH is 1. The van der Waals surface area contributed by atoms with Gasteiger partial charge >= 0.3 is 11.9 Å². The SMILES string of the molecule is CCCCC(=O)OCC#CCSC(=O)[C@@]1(OC(=O)CC)[C@H](C)C[C@H]2[C@@H]3C[C@H](F)C4=CC(=O)C=C[C@]4(C)[C@@]3(F)[C@@H](O)C[C@@]21C. The Balaban J connectivity index is 1.64. The van der Waals surface area contributed by atoms with E-state index in [-0.39, 0.29) is 49.6 Å². The second-order valence-electron chi connectivity index (χ2n) is 12.8. The number of unbranched alkanes of at least 4 members (excludes halogenated alkanes) is 1. The van der Waals surface area contributed by atoms with Crippen LogP contribution in [0, 0.1) is 40.4 Å². The van der Waals surface area contributed by atoms with Gasteiger partial charge in [0, 0.05) is 35.5 Å². The van der Waals surface area contributed by atoms with E-state index in [2.05, 4.69) is 11.8 Å². The van der Waals surface area contributed by atoms with Gasteiger partial charge < -0.3 is 14.6 Å². The number of carbonyl (C=O) groups is 4. The van der Waals surface area contributed by atoms with Gasteiger partial charge in [0.05, 0.1) is 11.9 Å². The molecule has 0 heterocycles. The zero-order valence-corrected chi connectivity index (χ0v) is 26.4. The molecule has 0 spiro atoms. The van der Waals surface area contributed by atoms with Crippen LogP contribution >= 0.6 is 11.8 Å². The number of carbonyl (C=O) groups excluding carboxylic acids is 4. The van der Waals surface area contributed by atoms with Crippen LogP contribution in [-0.4, -0.2) is 63.8 Å². The lowest BCUT2D eigenvalue weighted by molar-refractivity contribution is -0.228. The molecule has 3 saturated carbocycles. The zero-order chi connectivity index (χ0) is 31.8. The third-order valence-corrected chi connectivity index (χ3v) is 11.3. The van der Waals surface area contributed by atoms with Gasteiger partial charge in [-0.25, -0.2) is 8.78 Å². The Labute approximate surface area is 256 Å². The van der Waals surface area contributed by atoms with E-state index >= 15 is 8.78 Å². The summed E-state index contributed by atoms with van der Waals surface area (Å²) in [4.78, 5) is 50.7. The molecular weight excluding hydrogens is 578 g/mol. The Hall–Kier alpha value is -2.51. The highest BCUT2D eigenvalue weighted by molar-refractivity contribution is 8.14. The molecule has 0 aliphatic heterocycles. The topological polar surface area (TPSA) is 107 Å². The van der Waals surface area contributed by atoms with Crippen molar-refractivity contribution in [1.82, 2.24) is 0 Å². The number of esters is 2. The molecule has 0 saturated heterocycles. The van der Waals surface area contributed by atoms with Crippen molar-refractivity contribution in [2.24, 2.45) is 28.6 Å². The summed E-state index contributed by atoms with van der Waals surface area (Å²) in [5.74, 6) is 2.08. The van der Waals surface area contributed by atoms with Crippen LogP contribution in [0.1, 0.15) is 79.6 Å². The molecule has 0 amide bonds. The van der Waals surface area contributed by atoms with E-state index in [4.69, 9.17) is 9.47 Å². The van der Waals surface area contributed by atoms with Crippen LogP contribution in [0.15, 0.2) is 23.8 Å². The largest absolute Gasteiger partial charge is 0.452 e. The first-order valence-electron chi connectivity index (χ1n) is 15.2. The van der Waals surface area contributed by atoms with Gasteiger partial charge in [0.15, 0.2) is 23.7 Å². The number of rotatable bonds is 8. The van der Waals surface area contributed by atoms with Crippen molar-refractivity contribution >= 4 is 34.6 Å². The molecule has 10 heteroatoms. The van der Waals surface area contributed by atoms with Gasteiger partial charge in [0.1, 0.15) is 6.17 Å². The van der Waals surface area contributed by atoms with Crippen molar-refractivity contribution in [3.05, 3.63) is 23.8 Å². The molecule has 0 radical (unpaired) electrons. The predicted molar refractivity (Wildman–Crippen MR) is 158 cm³/mol. The summed E-state index contributed by atoms with van der Waals surface area (Å²) in [6.07, 6.45) is 2.25. The van der Waals surface area contributed by atoms with Crippen LogP contribution in [0.25, 0.3) is 0 Å². The van der Waals surface area contributed by atoms with Crippen LogP contribution in [0.5, 0.6) is 0 Å². The van der Waals surface area contributed by atoms with E-state index in [0.717, 1.165) is 30.7 Å². The number of halogens is 2. The van der Waals surface area contributed by atoms with Crippen molar-refractivity contribution in [3.8, 4) is 11.8 Å². The summed E-state index contributed by atoms with van der Waals surface area (Å²) in [5.41, 5.74) is -6.73. The van der Waals surface area contributed by atoms with E-state index in [9.17, 15) is 24.3 Å². The highest BCUT2D eigenvalue weighted by Gasteiger charge is 2.78. The summed E-state index contributed by atoms with van der Waals surface area (Å²) >= 11 is 0.866. The molecule has 0 aromatic rings. The van der Waals surface area contributed by atoms with E-state index in [1.807, 2.05) is 6.92 Å². The summed E-state index contributed by atoms with van der Waals surface area (Å²) in [6, 6.07) is 0. The highest BCUT2D eigenvalue weighted by atomic mass is 32.2. The quantitative estimate of drug-likeness (QED) is 0.290. The zero-order valence-electron chi connectivity index (χ0n) is 25.5. The van der Waals surface area contributed by atoms with Gasteiger partial charge in [0.2, 0.25) is 5.12 Å². The van der Waals surface area contributed by atoms with Crippen LogP contribution in [0.2, 0.25) is 0 Å². The summed E-state index contributed by atoms with van der Waals surface area (Å²) in [5, 5.41) is 11.2. The van der Waals surface area contributed by atoms with Crippen molar-refractivity contribution in [1.29, 1.82) is 0 Å². The molecule has 7 nitrogen and oxygen atoms in total. The van der Waals surface area contributed by atoms with Gasteiger partial charge in [-0.1, -0.05) is 63.8 Å². The molecule has 236 valence electrons. The van der Waals surface area contributed by atoms with Crippen molar-refractivity contribution in [2.45, 2.75) is 103 Å². The van der Waals surface area contributed by atoms with E-state index in [0.29, 0.717) is 6.42 Å². The average molecular weight is 621 g/mol. The summed E-state index contributed by atoms with van der Waals surface area (Å²) < 4.78 is 44.4. The lowest BCUT2D eigenvalue weighted by atomic mass is 9.44. The Bertz CT molecular complexity index is 1290. The van der Waals surface area contributed by atoms with E-state index in [1.165, 1.54) is 19.1 Å². The summed E-state index contributed by atoms with van der Waals surface area (Å²) in [7, 11) is 0. The first kappa shape index (κ1) is 33.4. The van der Waals surface area contributed by atoms with Gasteiger partial charge in [-0.2, -0.15) is 0 Å². The fourth-order valence-electron chi connectivity index (χ4n) is 8.29. The molecule has 43 heavy (non-hydrogen) atoms. The lowest BCUT2D eigenvalue weighted by Crippen LogP contribution is -2.70. The minimum absolute atomic E-state index is 0.00695. The average Bonchev–Trinajstić information content (AvgIpc) is 3.18. The number of fused-ring (bicyclic) bond motifs is 5. The maximum absolute atomic E-state index is 17.5. The van der Waals surface area contributed by atoms with Crippen LogP contribution < -0.4 is 0 Å². The molecule has 1 N–H and O–H groups in total. The lowest BCUT2D eigenvalue weighted by Gasteiger charge is -2.63. The second kappa shape index (κ2) is 12.5. The molecule has 0 unspecified atom stereocenters. The number of hydrogen-bond donors (Lipinski definition) is 1. The first-order chi connectivity index (χ1) is 20.2. The van der Waals surface area contributed by atoms with Crippen molar-refractivity contribution in [2.75, 3.05) is 12.4 Å². The number of allylic oxidation sites excluding steroid dienone is 4. The van der Waals surface area contributed by atoms with Crippen LogP contribution in [0.4, 0.5) is 8.78 Å². The first-order valence-corrected chi connectivity index (χ1v) is 16.2. The Morgan fingerprint density at radius 2 is 1.86 bits per heavy atom. The number of aliphatic hydroxyl groups is 1. The molecular formula is C33H42F2O7S. The number of thioether (sulfide) groups is 1. The standard InChI is InChI=1S/C33H42F2O7S/c1-6-8-11-28(39)41-14-9-10-15-43-29(40)33(42-27(38)7-2)20(3)16-22-23-18-25(34)24-17-21(36)12-13-30(24,4)32(23,35)26(37)19-31(22,33)5/h12-13,17,20,22-23,25-26,37H,6-8,11,14-16,18-19H2,1-5H3/t20-,22+,23+,25+,26+,30+,31+,32+,33+/m1/s1. The maximum atomic E-state index is 17.5. The smallest absolute Gasteiger partial charge is 0.306 e. The third-order valence-electron chi connectivity index (χ3n) is 10.5. The predicted octanol–water partition coefficient (Wildman–Crippen LogP) is 5.24. The van der Waals surface area contributed by atoms with Gasteiger partial charge in [0.25, 0.3) is 0 Å². The number of hydrogen-bond acceptors (Lipinski definition) is 8. The van der Waals surface area contributed by atoms with Gasteiger partial charge in [-0.05, 0) is 56.3 Å². The molecule has 3 fully saturated rings. The van der Waals surface area contributed by atoms with Gasteiger partial charge in [-0.3, -0.25) is 19.2 Å². The Morgan fingerprint density at radius 3 is 2.53 bits per heavy atom. The Kier molecular flexibility index (Phi) is 9.68. The molecule has 0 aromatic carbocycles. The minimum Gasteiger partial charge on any atom is -0.452 e. The van der Waals surface area contributed by atoms with Crippen molar-refractivity contribution in [3.63, 3.8) is 0 Å². The minimum atomic E-state index is -2.30. The Morgan fingerprint density at radius 1 is 1.14 bits per heavy atom. The molecule has 4 rings (SSSR count). The van der Waals surface area contributed by atoms with Crippen molar-refractivity contribution < 1.29 is 42.5 Å². The fourth-order valence-corrected chi connectivity index (χ4v) is 9.29. The maximum Gasteiger partial charge on any atom is 0.306 e. The monoisotopic (exact) mass is 620 g/mol. The summed E-state index contributed by atoms with van der Waals surface area (Å²) in [6.45, 7) is 8.53. The van der Waals surface area contributed by atoms with Crippen LogP contribution in [0.3, 0.4) is 0 Å². The number of ketones is 1. The third kappa shape index (κ3) is 5.28. The second-order valence-corrected chi connectivity index (χ2v) is 13.7. The molecule has 9 atom stereocenters. The molecule has 4 aliphatic rings. The van der Waals surface area contributed by atoms with E-state index < -0.39 is 69.0 Å².